The van der Waals surface area contributed by atoms with E-state index in [1.807, 2.05) is 0 Å². The number of nitrogens with zero attached hydrogens (tertiary/aromatic N) is 2. The summed E-state index contributed by atoms with van der Waals surface area (Å²) in [6, 6.07) is 2.90. The molecule has 0 unspecified atom stereocenters. The second kappa shape index (κ2) is 6.76. The molecular weight excluding hydrogens is 325 g/mol. The van der Waals surface area contributed by atoms with Crippen molar-refractivity contribution in [2.45, 2.75) is 31.5 Å². The van der Waals surface area contributed by atoms with Crippen molar-refractivity contribution in [2.75, 3.05) is 13.2 Å². The van der Waals surface area contributed by atoms with Crippen LogP contribution in [0.2, 0.25) is 0 Å². The van der Waals surface area contributed by atoms with Crippen molar-refractivity contribution in [2.24, 2.45) is 0 Å². The normalized spacial score (nSPS) is 21.6. The molecule has 2 atom stereocenters. The Labute approximate surface area is 144 Å². The maximum absolute atomic E-state index is 14.0. The van der Waals surface area contributed by atoms with Crippen LogP contribution < -0.4 is 10.1 Å². The SMILES string of the molecule is O=C(NC[C@H]1Cc2cc(F)cc(-c3cncnc3)c2O1)[C@@H]1CCCO1. The number of ether oxygens (including phenoxy) is 2. The number of carbonyl (C=O) groups excluding carboxylic acids is 1. The van der Waals surface area contributed by atoms with Crippen LogP contribution >= 0.6 is 0 Å². The van der Waals surface area contributed by atoms with Gasteiger partial charge in [0.25, 0.3) is 0 Å². The van der Waals surface area contributed by atoms with Crippen LogP contribution in [0.1, 0.15) is 18.4 Å². The van der Waals surface area contributed by atoms with Gasteiger partial charge in [-0.1, -0.05) is 0 Å². The highest BCUT2D eigenvalue weighted by atomic mass is 19.1. The van der Waals surface area contributed by atoms with E-state index in [1.54, 1.807) is 12.4 Å². The van der Waals surface area contributed by atoms with Crippen LogP contribution in [0, 0.1) is 5.82 Å². The number of carbonyl (C=O) groups is 1. The van der Waals surface area contributed by atoms with Gasteiger partial charge in [0.2, 0.25) is 5.91 Å². The fourth-order valence-corrected chi connectivity index (χ4v) is 3.27. The topological polar surface area (TPSA) is 73.3 Å². The monoisotopic (exact) mass is 343 g/mol. The van der Waals surface area contributed by atoms with E-state index < -0.39 is 0 Å². The van der Waals surface area contributed by atoms with E-state index in [1.165, 1.54) is 18.5 Å². The standard InChI is InChI=1S/C18H18FN3O3/c19-13-4-11-5-14(9-22-18(23)16-2-1-3-24-16)25-17(11)15(6-13)12-7-20-10-21-8-12/h4,6-8,10,14,16H,1-3,5,9H2,(H,22,23)/t14-,16+/m1/s1. The van der Waals surface area contributed by atoms with Crippen molar-refractivity contribution >= 4 is 5.91 Å². The number of hydrogen-bond acceptors (Lipinski definition) is 5. The van der Waals surface area contributed by atoms with E-state index in [9.17, 15) is 9.18 Å². The molecule has 0 saturated carbocycles. The first-order valence-corrected chi connectivity index (χ1v) is 8.34. The molecule has 0 spiro atoms. The molecule has 2 aromatic rings. The Morgan fingerprint density at radius 3 is 2.92 bits per heavy atom. The van der Waals surface area contributed by atoms with Crippen molar-refractivity contribution < 1.29 is 18.7 Å². The third-order valence-corrected chi connectivity index (χ3v) is 4.46. The van der Waals surface area contributed by atoms with E-state index in [4.69, 9.17) is 9.47 Å². The van der Waals surface area contributed by atoms with Crippen LogP contribution in [-0.4, -0.2) is 41.2 Å². The average molecular weight is 343 g/mol. The molecule has 25 heavy (non-hydrogen) atoms. The summed E-state index contributed by atoms with van der Waals surface area (Å²) < 4.78 is 25.3. The Morgan fingerprint density at radius 1 is 1.32 bits per heavy atom. The van der Waals surface area contributed by atoms with Crippen LogP contribution in [-0.2, 0) is 16.0 Å². The highest BCUT2D eigenvalue weighted by Crippen LogP contribution is 2.39. The zero-order valence-electron chi connectivity index (χ0n) is 13.6. The molecule has 6 nitrogen and oxygen atoms in total. The molecule has 2 aliphatic rings. The van der Waals surface area contributed by atoms with Crippen LogP contribution in [0.3, 0.4) is 0 Å². The highest BCUT2D eigenvalue weighted by Gasteiger charge is 2.29. The van der Waals surface area contributed by atoms with Crippen LogP contribution in [0.15, 0.2) is 30.9 Å². The molecule has 7 heteroatoms. The Morgan fingerprint density at radius 2 is 2.16 bits per heavy atom. The molecule has 1 aromatic heterocycles. The lowest BCUT2D eigenvalue weighted by Gasteiger charge is -2.15. The Kier molecular flexibility index (Phi) is 4.31. The van der Waals surface area contributed by atoms with Gasteiger partial charge in [-0.2, -0.15) is 0 Å². The van der Waals surface area contributed by atoms with Gasteiger partial charge in [-0.25, -0.2) is 14.4 Å². The van der Waals surface area contributed by atoms with E-state index in [0.717, 1.165) is 18.4 Å². The van der Waals surface area contributed by atoms with Gasteiger partial charge < -0.3 is 14.8 Å². The zero-order chi connectivity index (χ0) is 17.2. The first-order chi connectivity index (χ1) is 12.2. The second-order valence-electron chi connectivity index (χ2n) is 6.26. The van der Waals surface area contributed by atoms with Crippen molar-refractivity contribution in [3.05, 3.63) is 42.2 Å². The third-order valence-electron chi connectivity index (χ3n) is 4.46. The zero-order valence-corrected chi connectivity index (χ0v) is 13.6. The summed E-state index contributed by atoms with van der Waals surface area (Å²) in [4.78, 5) is 20.0. The summed E-state index contributed by atoms with van der Waals surface area (Å²) in [6.07, 6.45) is 6.28. The van der Waals surface area contributed by atoms with Gasteiger partial charge in [-0.3, -0.25) is 4.79 Å². The lowest BCUT2D eigenvalue weighted by atomic mass is 10.0. The molecule has 1 amide bonds. The molecule has 3 heterocycles. The first-order valence-electron chi connectivity index (χ1n) is 8.34. The van der Waals surface area contributed by atoms with Gasteiger partial charge in [-0.15, -0.1) is 0 Å². The summed E-state index contributed by atoms with van der Waals surface area (Å²) in [6.45, 7) is 0.991. The highest BCUT2D eigenvalue weighted by molar-refractivity contribution is 5.81. The number of halogens is 1. The fraction of sp³-hybridized carbons (Fsp3) is 0.389. The predicted molar refractivity (Wildman–Crippen MR) is 87.5 cm³/mol. The minimum Gasteiger partial charge on any atom is -0.487 e. The molecule has 2 aliphatic heterocycles. The Hall–Kier alpha value is -2.54. The van der Waals surface area contributed by atoms with Crippen molar-refractivity contribution in [3.63, 3.8) is 0 Å². The largest absolute Gasteiger partial charge is 0.487 e. The maximum Gasteiger partial charge on any atom is 0.249 e. The first kappa shape index (κ1) is 16.0. The lowest BCUT2D eigenvalue weighted by molar-refractivity contribution is -0.130. The van der Waals surface area contributed by atoms with Gasteiger partial charge in [0.05, 0.1) is 6.54 Å². The number of aromatic nitrogens is 2. The van der Waals surface area contributed by atoms with Crippen molar-refractivity contribution in [3.8, 4) is 16.9 Å². The Bertz CT molecular complexity index is 779. The molecule has 0 aliphatic carbocycles. The van der Waals surface area contributed by atoms with Crippen molar-refractivity contribution in [1.29, 1.82) is 0 Å². The summed E-state index contributed by atoms with van der Waals surface area (Å²) in [7, 11) is 0. The van der Waals surface area contributed by atoms with E-state index >= 15 is 0 Å². The van der Waals surface area contributed by atoms with Gasteiger partial charge in [0.15, 0.2) is 0 Å². The number of benzene rings is 1. The molecule has 4 rings (SSSR count). The number of nitrogens with one attached hydrogen (secondary N) is 1. The maximum atomic E-state index is 14.0. The quantitative estimate of drug-likeness (QED) is 0.918. The molecule has 1 aromatic carbocycles. The molecule has 0 radical (unpaired) electrons. The molecule has 130 valence electrons. The number of fused-ring (bicyclic) bond motifs is 1. The van der Waals surface area contributed by atoms with Gasteiger partial charge in [0.1, 0.15) is 30.1 Å². The Balaban J connectivity index is 1.48. The minimum absolute atomic E-state index is 0.111. The number of rotatable bonds is 4. The predicted octanol–water partition coefficient (Wildman–Crippen LogP) is 1.88. The summed E-state index contributed by atoms with van der Waals surface area (Å²) in [5, 5.41) is 2.87. The average Bonchev–Trinajstić information content (AvgIpc) is 3.29. The van der Waals surface area contributed by atoms with Crippen LogP contribution in [0.5, 0.6) is 5.75 Å². The van der Waals surface area contributed by atoms with Gasteiger partial charge >= 0.3 is 0 Å². The summed E-state index contributed by atoms with van der Waals surface area (Å²) in [5.74, 6) is 0.192. The lowest BCUT2D eigenvalue weighted by Crippen LogP contribution is -2.40. The summed E-state index contributed by atoms with van der Waals surface area (Å²) in [5.41, 5.74) is 2.11. The van der Waals surface area contributed by atoms with Crippen LogP contribution in [0.25, 0.3) is 11.1 Å². The molecule has 1 fully saturated rings. The van der Waals surface area contributed by atoms with E-state index in [2.05, 4.69) is 15.3 Å². The molecule has 1 saturated heterocycles. The summed E-state index contributed by atoms with van der Waals surface area (Å²) >= 11 is 0. The van der Waals surface area contributed by atoms with Crippen LogP contribution in [0.4, 0.5) is 4.39 Å². The fourth-order valence-electron chi connectivity index (χ4n) is 3.27. The molecule has 0 bridgehead atoms. The van der Waals surface area contributed by atoms with E-state index in [0.29, 0.717) is 36.4 Å². The molecule has 1 N–H and O–H groups in total. The molecular formula is C18H18FN3O3. The van der Waals surface area contributed by atoms with E-state index in [-0.39, 0.29) is 23.9 Å². The third kappa shape index (κ3) is 3.32. The van der Waals surface area contributed by atoms with Crippen molar-refractivity contribution in [1.82, 2.24) is 15.3 Å². The van der Waals surface area contributed by atoms with Gasteiger partial charge in [-0.05, 0) is 25.0 Å². The number of amides is 1. The van der Waals surface area contributed by atoms with Gasteiger partial charge in [0, 0.05) is 42.1 Å². The smallest absolute Gasteiger partial charge is 0.249 e. The number of hydrogen-bond donors (Lipinski definition) is 1. The second-order valence-corrected chi connectivity index (χ2v) is 6.26. The minimum atomic E-state index is -0.363.